The molecule has 6 amide bonds. The lowest BCUT2D eigenvalue weighted by molar-refractivity contribution is -0.142. The van der Waals surface area contributed by atoms with E-state index < -0.39 is 103 Å². The van der Waals surface area contributed by atoms with Crippen molar-refractivity contribution in [3.63, 3.8) is 0 Å². The van der Waals surface area contributed by atoms with Gasteiger partial charge in [0.05, 0.1) is 18.9 Å². The minimum Gasteiger partial charge on any atom is -0.481 e. The number of guanidine groups is 1. The van der Waals surface area contributed by atoms with Crippen molar-refractivity contribution in [1.29, 1.82) is 0 Å². The number of carbonyl (C=O) groups excluding carboxylic acids is 6. The maximum Gasteiger partial charge on any atom is 0.327 e. The van der Waals surface area contributed by atoms with E-state index in [4.69, 9.17) is 22.3 Å². The van der Waals surface area contributed by atoms with Gasteiger partial charge >= 0.3 is 11.9 Å². The second-order valence-corrected chi connectivity index (χ2v) is 13.5. The molecule has 318 valence electrons. The van der Waals surface area contributed by atoms with E-state index in [-0.39, 0.29) is 49.7 Å². The molecule has 2 rings (SSSR count). The summed E-state index contributed by atoms with van der Waals surface area (Å²) in [7, 11) is 0. The molecule has 0 spiro atoms. The summed E-state index contributed by atoms with van der Waals surface area (Å²) in [6.45, 7) is -0.704. The van der Waals surface area contributed by atoms with Gasteiger partial charge in [-0.25, -0.2) is 9.78 Å². The number of hydrogen-bond donors (Lipinski definition) is 14. The van der Waals surface area contributed by atoms with Crippen LogP contribution in [0.25, 0.3) is 0 Å². The highest BCUT2D eigenvalue weighted by molar-refractivity contribution is 7.80. The molecule has 1 heterocycles. The molecule has 0 fully saturated rings. The van der Waals surface area contributed by atoms with Crippen LogP contribution in [-0.4, -0.2) is 134 Å². The van der Waals surface area contributed by atoms with Gasteiger partial charge in [0.2, 0.25) is 35.4 Å². The second-order valence-electron chi connectivity index (χ2n) is 12.7. The van der Waals surface area contributed by atoms with Gasteiger partial charge in [-0.05, 0) is 24.8 Å². The molecule has 24 heteroatoms. The Morgan fingerprint density at radius 3 is 1.90 bits per heavy atom. The number of carboxylic acids is 2. The van der Waals surface area contributed by atoms with E-state index in [2.05, 4.69) is 72.1 Å². The van der Waals surface area contributed by atoms with Gasteiger partial charge in [-0.15, -0.1) is 0 Å². The predicted molar refractivity (Wildman–Crippen MR) is 215 cm³/mol. The normalized spacial score (nSPS) is 13.8. The average molecular weight is 851 g/mol. The Morgan fingerprint density at radius 2 is 1.33 bits per heavy atom. The van der Waals surface area contributed by atoms with Crippen LogP contribution in [-0.2, 0) is 51.2 Å². The van der Waals surface area contributed by atoms with Gasteiger partial charge in [-0.1, -0.05) is 30.3 Å². The molecule has 2 aromatic rings. The van der Waals surface area contributed by atoms with Crippen LogP contribution < -0.4 is 49.1 Å². The number of hydrogen-bond acceptors (Lipinski definition) is 13. The number of nitrogens with two attached hydrogens (primary N) is 3. The number of nitrogens with zero attached hydrogens (tertiary/aromatic N) is 2. The van der Waals surface area contributed by atoms with Gasteiger partial charge in [-0.3, -0.25) is 38.6 Å². The highest BCUT2D eigenvalue weighted by Gasteiger charge is 2.32. The Bertz CT molecular complexity index is 1730. The number of aliphatic imine (C=N–C) groups is 1. The number of carbonyl (C=O) groups is 8. The van der Waals surface area contributed by atoms with Crippen molar-refractivity contribution in [3.05, 3.63) is 54.1 Å². The van der Waals surface area contributed by atoms with E-state index in [1.807, 2.05) is 0 Å². The van der Waals surface area contributed by atoms with Crippen LogP contribution in [0.15, 0.2) is 47.8 Å². The van der Waals surface area contributed by atoms with Crippen molar-refractivity contribution < 1.29 is 48.6 Å². The Hall–Kier alpha value is -5.88. The number of amides is 6. The highest BCUT2D eigenvalue weighted by atomic mass is 32.1. The lowest BCUT2D eigenvalue weighted by Gasteiger charge is -2.26. The zero-order valence-corrected chi connectivity index (χ0v) is 33.0. The molecule has 1 aromatic carbocycles. The largest absolute Gasteiger partial charge is 0.481 e. The number of aliphatic carboxylic acids is 2. The summed E-state index contributed by atoms with van der Waals surface area (Å²) >= 11 is 7.92. The van der Waals surface area contributed by atoms with E-state index in [0.29, 0.717) is 11.3 Å². The van der Waals surface area contributed by atoms with Crippen molar-refractivity contribution in [2.24, 2.45) is 22.2 Å². The summed E-state index contributed by atoms with van der Waals surface area (Å²) in [5, 5.41) is 33.0. The van der Waals surface area contributed by atoms with Gasteiger partial charge in [0, 0.05) is 49.2 Å². The number of carboxylic acid groups (broad SMARTS) is 2. The minimum atomic E-state index is -1.49. The first kappa shape index (κ1) is 48.3. The van der Waals surface area contributed by atoms with E-state index in [1.54, 1.807) is 30.3 Å². The lowest BCUT2D eigenvalue weighted by atomic mass is 10.0. The number of aromatic nitrogens is 2. The van der Waals surface area contributed by atoms with Crippen molar-refractivity contribution >= 4 is 78.6 Å². The number of rotatable bonds is 26. The summed E-state index contributed by atoms with van der Waals surface area (Å²) in [5.41, 5.74) is 17.8. The fourth-order valence-corrected chi connectivity index (χ4v) is 5.51. The van der Waals surface area contributed by atoms with Crippen LogP contribution in [0.2, 0.25) is 0 Å². The summed E-state index contributed by atoms with van der Waals surface area (Å²) in [6.07, 6.45) is 1.78. The second kappa shape index (κ2) is 25.4. The van der Waals surface area contributed by atoms with Gasteiger partial charge in [0.15, 0.2) is 5.96 Å². The monoisotopic (exact) mass is 850 g/mol. The third-order valence-corrected chi connectivity index (χ3v) is 8.92. The summed E-state index contributed by atoms with van der Waals surface area (Å²) < 4.78 is 0. The molecule has 6 unspecified atom stereocenters. The predicted octanol–water partition coefficient (Wildman–Crippen LogP) is -4.08. The Kier molecular flexibility index (Phi) is 21.1. The number of aromatic amines is 1. The first-order valence-corrected chi connectivity index (χ1v) is 19.1. The smallest absolute Gasteiger partial charge is 0.327 e. The molecule has 0 aliphatic rings. The number of H-pyrrole nitrogens is 1. The molecule has 15 N–H and O–H groups in total. The molecule has 0 radical (unpaired) electrons. The fraction of sp³-hybridized carbons (Fsp3) is 0.471. The zero-order chi connectivity index (χ0) is 43.2. The van der Waals surface area contributed by atoms with Crippen LogP contribution >= 0.6 is 25.3 Å². The van der Waals surface area contributed by atoms with E-state index in [0.717, 1.165) is 0 Å². The van der Waals surface area contributed by atoms with E-state index >= 15 is 0 Å². The first-order chi connectivity index (χ1) is 27.5. The van der Waals surface area contributed by atoms with Gasteiger partial charge in [0.1, 0.15) is 30.2 Å². The highest BCUT2D eigenvalue weighted by Crippen LogP contribution is 2.08. The van der Waals surface area contributed by atoms with Crippen LogP contribution in [0.3, 0.4) is 0 Å². The fourth-order valence-electron chi connectivity index (χ4n) is 5.09. The Morgan fingerprint density at radius 1 is 0.741 bits per heavy atom. The molecule has 0 saturated heterocycles. The van der Waals surface area contributed by atoms with Gasteiger partial charge in [-0.2, -0.15) is 25.3 Å². The van der Waals surface area contributed by atoms with Crippen LogP contribution in [0.4, 0.5) is 0 Å². The van der Waals surface area contributed by atoms with E-state index in [1.165, 1.54) is 12.5 Å². The summed E-state index contributed by atoms with van der Waals surface area (Å²) in [4.78, 5) is 113. The molecular weight excluding hydrogens is 801 g/mol. The third-order valence-electron chi connectivity index (χ3n) is 8.16. The number of benzene rings is 1. The molecule has 6 atom stereocenters. The molecular formula is C34H50N12O10S2. The van der Waals surface area contributed by atoms with Gasteiger partial charge in [0.25, 0.3) is 0 Å². The van der Waals surface area contributed by atoms with Crippen LogP contribution in [0, 0.1) is 0 Å². The number of imidazole rings is 1. The lowest BCUT2D eigenvalue weighted by Crippen LogP contribution is -2.59. The Labute approximate surface area is 343 Å². The molecule has 22 nitrogen and oxygen atoms in total. The SMILES string of the molecule is NC(N)=NCCCC(NC(=O)C(Cc1cnc[nH]1)NC(=O)C(Cc1ccccc1)NC(=O)C(N)CS)C(=O)NCC(=O)NC(CCC(=O)O)C(=O)NC(CS)C(=O)O. The van der Waals surface area contributed by atoms with Crippen molar-refractivity contribution in [2.45, 2.75) is 74.8 Å². The maximum atomic E-state index is 13.9. The summed E-state index contributed by atoms with van der Waals surface area (Å²) in [5.74, 6) is -8.28. The molecule has 58 heavy (non-hydrogen) atoms. The summed E-state index contributed by atoms with van der Waals surface area (Å²) in [6, 6.07) is 0.915. The molecule has 1 aromatic heterocycles. The molecule has 0 saturated carbocycles. The Balaban J connectivity index is 2.30. The van der Waals surface area contributed by atoms with Crippen molar-refractivity contribution in [2.75, 3.05) is 24.6 Å². The van der Waals surface area contributed by atoms with Crippen molar-refractivity contribution in [3.8, 4) is 0 Å². The zero-order valence-electron chi connectivity index (χ0n) is 31.3. The van der Waals surface area contributed by atoms with Crippen LogP contribution in [0.5, 0.6) is 0 Å². The standard InChI is InChI=1S/C34H50N12O10S2/c35-20(15-57)28(50)44-23(11-18-5-2-1-3-6-18)31(53)45-24(12-19-13-38-17-41-19)32(54)43-21(7-4-10-39-34(36)37)29(51)40-14-26(47)42-22(8-9-27(48)49)30(52)46-25(16-58)33(55)56/h1-3,5-6,13,17,20-25,57-58H,4,7-12,14-16,35H2,(H,38,41)(H,40,51)(H,42,47)(H,43,54)(H,44,50)(H,45,53)(H,46,52)(H,48,49)(H,55,56)(H4,36,37,39). The van der Waals surface area contributed by atoms with Crippen LogP contribution in [0.1, 0.15) is 36.9 Å². The first-order valence-electron chi connectivity index (χ1n) is 17.8. The number of nitrogens with one attached hydrogen (secondary N) is 7. The number of thiol groups is 2. The average Bonchev–Trinajstić information content (AvgIpc) is 3.70. The van der Waals surface area contributed by atoms with Gasteiger partial charge < -0.3 is 64.3 Å². The molecule has 0 aliphatic carbocycles. The quantitative estimate of drug-likeness (QED) is 0.0185. The maximum absolute atomic E-state index is 13.9. The third kappa shape index (κ3) is 17.9. The van der Waals surface area contributed by atoms with Crippen molar-refractivity contribution in [1.82, 2.24) is 41.9 Å². The minimum absolute atomic E-state index is 0.00504. The molecule has 0 aliphatic heterocycles. The van der Waals surface area contributed by atoms with E-state index in [9.17, 15) is 43.5 Å². The topological polar surface area (TPSA) is 368 Å². The molecule has 0 bridgehead atoms.